The topological polar surface area (TPSA) is 77.5 Å². The van der Waals surface area contributed by atoms with E-state index in [2.05, 4.69) is 4.74 Å². The maximum Gasteiger partial charge on any atom is 0.513 e. The summed E-state index contributed by atoms with van der Waals surface area (Å²) in [6, 6.07) is 7.54. The van der Waals surface area contributed by atoms with E-state index in [1.807, 2.05) is 29.2 Å². The van der Waals surface area contributed by atoms with Crippen LogP contribution in [0.3, 0.4) is 0 Å². The molecule has 7 nitrogen and oxygen atoms in total. The summed E-state index contributed by atoms with van der Waals surface area (Å²) in [5.74, 6) is 1.78. The number of aliphatic hydroxyl groups excluding tert-OH is 1. The van der Waals surface area contributed by atoms with Crippen molar-refractivity contribution in [3.05, 3.63) is 35.8 Å². The summed E-state index contributed by atoms with van der Waals surface area (Å²) < 4.78 is 21.0. The zero-order chi connectivity index (χ0) is 16.2. The van der Waals surface area contributed by atoms with Crippen molar-refractivity contribution in [1.82, 2.24) is 4.90 Å². The van der Waals surface area contributed by atoms with Gasteiger partial charge in [0, 0.05) is 19.5 Å². The molecule has 2 heterocycles. The molecule has 0 saturated carbocycles. The number of halogens is 1. The zero-order valence-corrected chi connectivity index (χ0v) is 14.1. The second-order valence-electron chi connectivity index (χ2n) is 5.41. The molecule has 0 radical (unpaired) electrons. The summed E-state index contributed by atoms with van der Waals surface area (Å²) in [7, 11) is 1.23. The third-order valence-electron chi connectivity index (χ3n) is 3.76. The molecule has 0 fully saturated rings. The van der Waals surface area contributed by atoms with E-state index >= 15 is 0 Å². The minimum Gasteiger partial charge on any atom is -0.509 e. The molecule has 1 N–H and O–H groups in total. The van der Waals surface area contributed by atoms with E-state index in [0.29, 0.717) is 32.7 Å². The van der Waals surface area contributed by atoms with Crippen LogP contribution in [0.25, 0.3) is 0 Å². The van der Waals surface area contributed by atoms with Gasteiger partial charge in [0.05, 0.1) is 13.7 Å². The third-order valence-corrected chi connectivity index (χ3v) is 3.76. The molecular formula is C16H20ClNO6. The summed E-state index contributed by atoms with van der Waals surface area (Å²) >= 11 is 0. The highest BCUT2D eigenvalue weighted by atomic mass is 35.5. The average molecular weight is 358 g/mol. The molecule has 0 bridgehead atoms. The van der Waals surface area contributed by atoms with Crippen molar-refractivity contribution in [2.75, 3.05) is 33.4 Å². The third kappa shape index (κ3) is 4.24. The number of benzene rings is 1. The minimum atomic E-state index is -0.834. The number of hydrogen-bond donors (Lipinski definition) is 1. The van der Waals surface area contributed by atoms with Gasteiger partial charge in [0.25, 0.3) is 0 Å². The lowest BCUT2D eigenvalue weighted by molar-refractivity contribution is 0.0451. The van der Waals surface area contributed by atoms with Gasteiger partial charge in [-0.3, -0.25) is 4.90 Å². The van der Waals surface area contributed by atoms with Crippen LogP contribution in [0.1, 0.15) is 6.42 Å². The maximum absolute atomic E-state index is 11.2. The van der Waals surface area contributed by atoms with Crippen molar-refractivity contribution in [3.63, 3.8) is 0 Å². The fraction of sp³-hybridized carbons (Fsp3) is 0.438. The van der Waals surface area contributed by atoms with Gasteiger partial charge in [0.1, 0.15) is 18.5 Å². The highest BCUT2D eigenvalue weighted by Gasteiger charge is 2.27. The van der Waals surface area contributed by atoms with E-state index in [9.17, 15) is 9.90 Å². The molecule has 0 amide bonds. The number of hydrogen-bond acceptors (Lipinski definition) is 7. The fourth-order valence-electron chi connectivity index (χ4n) is 2.61. The van der Waals surface area contributed by atoms with Crippen LogP contribution in [0.4, 0.5) is 4.79 Å². The van der Waals surface area contributed by atoms with Crippen LogP contribution in [0, 0.1) is 0 Å². The fourth-order valence-corrected chi connectivity index (χ4v) is 2.61. The molecule has 1 atom stereocenters. The first kappa shape index (κ1) is 18.2. The van der Waals surface area contributed by atoms with Crippen LogP contribution in [-0.2, 0) is 9.47 Å². The predicted octanol–water partition coefficient (Wildman–Crippen LogP) is 2.51. The largest absolute Gasteiger partial charge is 0.513 e. The van der Waals surface area contributed by atoms with Gasteiger partial charge < -0.3 is 24.1 Å². The Morgan fingerprint density at radius 3 is 2.88 bits per heavy atom. The Bertz CT molecular complexity index is 620. The number of carbonyl (C=O) groups excluding carboxylic acids is 1. The smallest absolute Gasteiger partial charge is 0.509 e. The maximum atomic E-state index is 11.2. The molecule has 1 unspecified atom stereocenters. The van der Waals surface area contributed by atoms with Crippen molar-refractivity contribution in [3.8, 4) is 11.5 Å². The summed E-state index contributed by atoms with van der Waals surface area (Å²) in [6.07, 6.45) is -0.541. The van der Waals surface area contributed by atoms with E-state index in [4.69, 9.17) is 14.2 Å². The molecule has 132 valence electrons. The van der Waals surface area contributed by atoms with Gasteiger partial charge in [-0.2, -0.15) is 0 Å². The molecule has 0 spiro atoms. The number of methoxy groups -OCH3 is 1. The molecule has 24 heavy (non-hydrogen) atoms. The molecule has 0 aliphatic carbocycles. The Hall–Kier alpha value is -2.12. The van der Waals surface area contributed by atoms with Crippen LogP contribution < -0.4 is 9.47 Å². The SMILES string of the molecule is COC(=O)OC1=C(O)CCN(CC2COc3ccccc3O2)C1.Cl. The van der Waals surface area contributed by atoms with Crippen LogP contribution in [0.15, 0.2) is 35.8 Å². The van der Waals surface area contributed by atoms with Crippen molar-refractivity contribution in [2.24, 2.45) is 0 Å². The normalized spacial score (nSPS) is 20.1. The Labute approximate surface area is 146 Å². The van der Waals surface area contributed by atoms with Gasteiger partial charge in [0.15, 0.2) is 17.3 Å². The quantitative estimate of drug-likeness (QED) is 0.833. The standard InChI is InChI=1S/C16H19NO6.ClH/c1-20-16(19)23-15-9-17(7-6-12(15)18)8-11-10-21-13-4-2-3-5-14(13)22-11;/h2-5,11,18H,6-10H2,1H3;1H. The average Bonchev–Trinajstić information content (AvgIpc) is 2.57. The Morgan fingerprint density at radius 1 is 1.38 bits per heavy atom. The van der Waals surface area contributed by atoms with E-state index in [-0.39, 0.29) is 30.0 Å². The molecule has 2 aliphatic heterocycles. The lowest BCUT2D eigenvalue weighted by Crippen LogP contribution is -2.44. The highest BCUT2D eigenvalue weighted by molar-refractivity contribution is 5.85. The molecular weight excluding hydrogens is 338 g/mol. The first-order valence-electron chi connectivity index (χ1n) is 7.43. The summed E-state index contributed by atoms with van der Waals surface area (Å²) in [6.45, 7) is 2.04. The lowest BCUT2D eigenvalue weighted by atomic mass is 10.2. The van der Waals surface area contributed by atoms with Crippen LogP contribution in [-0.4, -0.2) is 55.6 Å². The molecule has 8 heteroatoms. The van der Waals surface area contributed by atoms with Crippen LogP contribution in [0.5, 0.6) is 11.5 Å². The molecule has 3 rings (SSSR count). The van der Waals surface area contributed by atoms with Crippen LogP contribution in [0.2, 0.25) is 0 Å². The Balaban J connectivity index is 0.00000208. The van der Waals surface area contributed by atoms with Crippen molar-refractivity contribution in [2.45, 2.75) is 12.5 Å². The van der Waals surface area contributed by atoms with Crippen molar-refractivity contribution < 1.29 is 28.8 Å². The Morgan fingerprint density at radius 2 is 2.12 bits per heavy atom. The number of fused-ring (bicyclic) bond motifs is 1. The predicted molar refractivity (Wildman–Crippen MR) is 87.8 cm³/mol. The first-order valence-corrected chi connectivity index (χ1v) is 7.43. The number of ether oxygens (including phenoxy) is 4. The van der Waals surface area contributed by atoms with E-state index < -0.39 is 6.16 Å². The second kappa shape index (κ2) is 8.12. The highest BCUT2D eigenvalue weighted by Crippen LogP contribution is 2.31. The number of aliphatic hydroxyl groups is 1. The summed E-state index contributed by atoms with van der Waals surface area (Å²) in [5, 5.41) is 9.83. The van der Waals surface area contributed by atoms with E-state index in [1.165, 1.54) is 7.11 Å². The number of para-hydroxylation sites is 2. The van der Waals surface area contributed by atoms with Crippen molar-refractivity contribution in [1.29, 1.82) is 0 Å². The van der Waals surface area contributed by atoms with Gasteiger partial charge in [-0.25, -0.2) is 4.79 Å². The summed E-state index contributed by atoms with van der Waals surface area (Å²) in [5.41, 5.74) is 0. The molecule has 0 aromatic heterocycles. The van der Waals surface area contributed by atoms with Gasteiger partial charge >= 0.3 is 6.16 Å². The lowest BCUT2D eigenvalue weighted by Gasteiger charge is -2.33. The number of nitrogens with zero attached hydrogens (tertiary/aromatic N) is 1. The van der Waals surface area contributed by atoms with Crippen molar-refractivity contribution >= 4 is 18.6 Å². The first-order chi connectivity index (χ1) is 11.2. The second-order valence-corrected chi connectivity index (χ2v) is 5.41. The van der Waals surface area contributed by atoms with Gasteiger partial charge in [-0.1, -0.05) is 12.1 Å². The molecule has 1 aromatic carbocycles. The van der Waals surface area contributed by atoms with Gasteiger partial charge in [-0.05, 0) is 12.1 Å². The summed E-state index contributed by atoms with van der Waals surface area (Å²) in [4.78, 5) is 13.2. The Kier molecular flexibility index (Phi) is 6.16. The minimum absolute atomic E-state index is 0. The zero-order valence-electron chi connectivity index (χ0n) is 13.3. The number of rotatable bonds is 3. The van der Waals surface area contributed by atoms with Crippen LogP contribution >= 0.6 is 12.4 Å². The monoisotopic (exact) mass is 357 g/mol. The van der Waals surface area contributed by atoms with Gasteiger partial charge in [0.2, 0.25) is 0 Å². The molecule has 1 aromatic rings. The molecule has 2 aliphatic rings. The van der Waals surface area contributed by atoms with Gasteiger partial charge in [-0.15, -0.1) is 12.4 Å². The van der Waals surface area contributed by atoms with E-state index in [0.717, 1.165) is 11.5 Å². The van der Waals surface area contributed by atoms with E-state index in [1.54, 1.807) is 0 Å². The number of carbonyl (C=O) groups is 1. The molecule has 0 saturated heterocycles.